The van der Waals surface area contributed by atoms with Crippen LogP contribution in [0.1, 0.15) is 12.5 Å². The molecule has 13 nitrogen and oxygen atoms in total. The van der Waals surface area contributed by atoms with Crippen LogP contribution in [0.15, 0.2) is 36.7 Å². The number of carbonyl (C=O) groups excluding carboxylic acids is 1. The lowest BCUT2D eigenvalue weighted by molar-refractivity contribution is 0.122. The Morgan fingerprint density at radius 2 is 1.80 bits per heavy atom. The van der Waals surface area contributed by atoms with Crippen LogP contribution in [0.25, 0.3) is 11.3 Å². The molecule has 3 N–H and O–H groups in total. The van der Waals surface area contributed by atoms with Gasteiger partial charge in [0, 0.05) is 74.2 Å². The molecular weight excluding hydrogens is 512 g/mol. The van der Waals surface area contributed by atoms with Crippen LogP contribution in [0.2, 0.25) is 0 Å². The summed E-state index contributed by atoms with van der Waals surface area (Å²) in [6.45, 7) is 10.2. The number of nitrogen functional groups attached to an aromatic ring is 1. The molecule has 2 fully saturated rings. The summed E-state index contributed by atoms with van der Waals surface area (Å²) in [6, 6.07) is 7.87. The molecule has 1 amide bonds. The molecule has 13 heteroatoms. The van der Waals surface area contributed by atoms with Crippen LogP contribution in [-0.2, 0) is 16.0 Å². The minimum absolute atomic E-state index is 0.191. The standard InChI is InChI=1S/C27H34N10O3/c1-2-34-8-10-35(11-9-34)21-5-3-4-20(16-21)31-27(38)40-37-7-6-22-23(19-17-29-25(28)30-18-19)32-26(33-24(22)37)36-12-14-39-15-13-36/h3-5,16-18H,2,6-15H2,1H3,(H,31,38)(H2,28,29,30). The SMILES string of the molecule is CCN1CCN(c2cccc(NC(=O)ON3CCc4c(-c5cnc(N)nc5)nc(N5CCOCC5)nc43)c2)CC1. The van der Waals surface area contributed by atoms with Gasteiger partial charge in [0.25, 0.3) is 0 Å². The Bertz CT molecular complexity index is 1340. The van der Waals surface area contributed by atoms with Crippen molar-refractivity contribution in [3.8, 4) is 11.3 Å². The van der Waals surface area contributed by atoms with Gasteiger partial charge in [0.1, 0.15) is 0 Å². The first kappa shape index (κ1) is 26.0. The van der Waals surface area contributed by atoms with Gasteiger partial charge in [-0.15, -0.1) is 0 Å². The van der Waals surface area contributed by atoms with E-state index in [0.717, 1.165) is 49.5 Å². The van der Waals surface area contributed by atoms with E-state index < -0.39 is 6.09 Å². The second-order valence-electron chi connectivity index (χ2n) is 9.93. The van der Waals surface area contributed by atoms with E-state index in [0.29, 0.717) is 62.4 Å². The Morgan fingerprint density at radius 3 is 2.55 bits per heavy atom. The highest BCUT2D eigenvalue weighted by atomic mass is 16.7. The molecule has 5 heterocycles. The van der Waals surface area contributed by atoms with Gasteiger partial charge in [-0.25, -0.2) is 19.7 Å². The van der Waals surface area contributed by atoms with Crippen LogP contribution in [0, 0.1) is 0 Å². The molecule has 0 atom stereocenters. The number of aromatic nitrogens is 4. The van der Waals surface area contributed by atoms with E-state index in [1.165, 1.54) is 5.06 Å². The number of likely N-dealkylation sites (N-methyl/N-ethyl adjacent to an activating group) is 1. The summed E-state index contributed by atoms with van der Waals surface area (Å²) in [5.74, 6) is 1.29. The van der Waals surface area contributed by atoms with Gasteiger partial charge < -0.3 is 30.0 Å². The molecule has 40 heavy (non-hydrogen) atoms. The largest absolute Gasteiger partial charge is 0.436 e. The van der Waals surface area contributed by atoms with Gasteiger partial charge in [0.15, 0.2) is 5.82 Å². The van der Waals surface area contributed by atoms with Gasteiger partial charge in [0.2, 0.25) is 11.9 Å². The molecule has 0 bridgehead atoms. The number of anilines is 5. The zero-order chi connectivity index (χ0) is 27.5. The molecule has 3 aliphatic rings. The molecular formula is C27H34N10O3. The zero-order valence-electron chi connectivity index (χ0n) is 22.6. The highest BCUT2D eigenvalue weighted by Crippen LogP contribution is 2.35. The number of rotatable bonds is 6. The van der Waals surface area contributed by atoms with E-state index in [-0.39, 0.29) is 5.95 Å². The fourth-order valence-electron chi connectivity index (χ4n) is 5.25. The number of nitrogens with two attached hydrogens (primary N) is 1. The predicted octanol–water partition coefficient (Wildman–Crippen LogP) is 2.02. The normalized spacial score (nSPS) is 17.6. The Morgan fingerprint density at radius 1 is 1.02 bits per heavy atom. The first-order valence-corrected chi connectivity index (χ1v) is 13.7. The van der Waals surface area contributed by atoms with Crippen molar-refractivity contribution >= 4 is 35.2 Å². The van der Waals surface area contributed by atoms with Crippen LogP contribution in [0.4, 0.5) is 33.9 Å². The molecule has 6 rings (SSSR count). The third-order valence-corrected chi connectivity index (χ3v) is 7.48. The van der Waals surface area contributed by atoms with Crippen LogP contribution in [0.3, 0.4) is 0 Å². The smallest absolute Gasteiger partial charge is 0.378 e. The van der Waals surface area contributed by atoms with Crippen molar-refractivity contribution in [2.75, 3.05) is 91.5 Å². The Balaban J connectivity index is 1.20. The number of morpholine rings is 1. The number of hydroxylamine groups is 1. The number of hydrogen-bond acceptors (Lipinski definition) is 12. The number of amides is 1. The fourth-order valence-corrected chi connectivity index (χ4v) is 5.25. The number of nitrogens with one attached hydrogen (secondary N) is 1. The van der Waals surface area contributed by atoms with E-state index in [9.17, 15) is 4.79 Å². The number of fused-ring (bicyclic) bond motifs is 1. The molecule has 2 saturated heterocycles. The average molecular weight is 547 g/mol. The van der Waals surface area contributed by atoms with Crippen LogP contribution >= 0.6 is 0 Å². The lowest BCUT2D eigenvalue weighted by atomic mass is 10.1. The van der Waals surface area contributed by atoms with E-state index in [1.54, 1.807) is 12.4 Å². The minimum atomic E-state index is -0.579. The molecule has 0 saturated carbocycles. The summed E-state index contributed by atoms with van der Waals surface area (Å²) in [7, 11) is 0. The molecule has 3 aromatic rings. The van der Waals surface area contributed by atoms with Crippen molar-refractivity contribution in [1.82, 2.24) is 24.8 Å². The van der Waals surface area contributed by atoms with Crippen molar-refractivity contribution in [3.63, 3.8) is 0 Å². The molecule has 0 radical (unpaired) electrons. The molecule has 0 aliphatic carbocycles. The Hall–Kier alpha value is -4.23. The summed E-state index contributed by atoms with van der Waals surface area (Å²) in [5.41, 5.74) is 9.77. The first-order valence-electron chi connectivity index (χ1n) is 13.7. The Kier molecular flexibility index (Phi) is 7.47. The number of benzene rings is 1. The summed E-state index contributed by atoms with van der Waals surface area (Å²) < 4.78 is 5.50. The molecule has 210 valence electrons. The lowest BCUT2D eigenvalue weighted by Gasteiger charge is -2.35. The maximum atomic E-state index is 13.0. The highest BCUT2D eigenvalue weighted by Gasteiger charge is 2.31. The third-order valence-electron chi connectivity index (χ3n) is 7.48. The van der Waals surface area contributed by atoms with Crippen LogP contribution in [0.5, 0.6) is 0 Å². The summed E-state index contributed by atoms with van der Waals surface area (Å²) in [4.78, 5) is 43.6. The van der Waals surface area contributed by atoms with Crippen molar-refractivity contribution in [2.45, 2.75) is 13.3 Å². The molecule has 0 unspecified atom stereocenters. The average Bonchev–Trinajstić information content (AvgIpc) is 3.40. The summed E-state index contributed by atoms with van der Waals surface area (Å²) in [6.07, 6.45) is 3.33. The highest BCUT2D eigenvalue weighted by molar-refractivity contribution is 5.86. The van der Waals surface area contributed by atoms with Gasteiger partial charge >= 0.3 is 6.09 Å². The second kappa shape index (κ2) is 11.5. The number of ether oxygens (including phenoxy) is 1. The maximum absolute atomic E-state index is 13.0. The molecule has 3 aliphatic heterocycles. The van der Waals surface area contributed by atoms with E-state index in [4.69, 9.17) is 25.3 Å². The topological polar surface area (TPSA) is 138 Å². The van der Waals surface area contributed by atoms with Gasteiger partial charge in [-0.2, -0.15) is 10.0 Å². The van der Waals surface area contributed by atoms with Gasteiger partial charge in [0.05, 0.1) is 25.5 Å². The fraction of sp³-hybridized carbons (Fsp3) is 0.444. The van der Waals surface area contributed by atoms with Gasteiger partial charge in [-0.1, -0.05) is 13.0 Å². The van der Waals surface area contributed by atoms with E-state index >= 15 is 0 Å². The van der Waals surface area contributed by atoms with Crippen LogP contribution in [-0.4, -0.2) is 96.5 Å². The lowest BCUT2D eigenvalue weighted by Crippen LogP contribution is -2.46. The van der Waals surface area contributed by atoms with E-state index in [1.807, 2.05) is 18.2 Å². The van der Waals surface area contributed by atoms with Gasteiger partial charge in [-0.3, -0.25) is 5.32 Å². The number of nitrogens with zero attached hydrogens (tertiary/aromatic N) is 8. The van der Waals surface area contributed by atoms with Crippen molar-refractivity contribution < 1.29 is 14.4 Å². The van der Waals surface area contributed by atoms with Crippen molar-refractivity contribution in [2.24, 2.45) is 0 Å². The Labute approximate surface area is 232 Å². The molecule has 1 aromatic carbocycles. The maximum Gasteiger partial charge on any atom is 0.436 e. The predicted molar refractivity (Wildman–Crippen MR) is 152 cm³/mol. The van der Waals surface area contributed by atoms with Gasteiger partial charge in [-0.05, 0) is 31.2 Å². The van der Waals surface area contributed by atoms with E-state index in [2.05, 4.69) is 43.0 Å². The van der Waals surface area contributed by atoms with Crippen molar-refractivity contribution in [3.05, 3.63) is 42.2 Å². The van der Waals surface area contributed by atoms with Crippen LogP contribution < -0.4 is 25.9 Å². The molecule has 2 aromatic heterocycles. The minimum Gasteiger partial charge on any atom is -0.378 e. The number of hydrogen-bond donors (Lipinski definition) is 2. The van der Waals surface area contributed by atoms with Crippen molar-refractivity contribution in [1.29, 1.82) is 0 Å². The number of piperazine rings is 1. The monoisotopic (exact) mass is 546 g/mol. The molecule has 0 spiro atoms. The summed E-state index contributed by atoms with van der Waals surface area (Å²) >= 11 is 0. The summed E-state index contributed by atoms with van der Waals surface area (Å²) in [5, 5.41) is 4.42. The number of carbonyl (C=O) groups is 1. The third kappa shape index (κ3) is 5.56. The first-order chi connectivity index (χ1) is 19.6. The zero-order valence-corrected chi connectivity index (χ0v) is 22.6. The quantitative estimate of drug-likeness (QED) is 0.468. The second-order valence-corrected chi connectivity index (χ2v) is 9.93.